The van der Waals surface area contributed by atoms with E-state index < -0.39 is 0 Å². The Morgan fingerprint density at radius 2 is 2.15 bits per heavy atom. The quantitative estimate of drug-likeness (QED) is 0.476. The SMILES string of the molecule is NNC(Cc1cc(Br)cs1)c1cc2cccc(Br)c2o1. The molecular weight excluding hydrogens is 404 g/mol. The van der Waals surface area contributed by atoms with Crippen LogP contribution < -0.4 is 11.3 Å². The summed E-state index contributed by atoms with van der Waals surface area (Å²) >= 11 is 8.67. The second-order valence-electron chi connectivity index (χ2n) is 4.46. The Bertz CT molecular complexity index is 738. The number of para-hydroxylation sites is 1. The minimum absolute atomic E-state index is 0.0418. The lowest BCUT2D eigenvalue weighted by molar-refractivity contribution is 0.435. The molecular formula is C14H12Br2N2OS. The summed E-state index contributed by atoms with van der Waals surface area (Å²) < 4.78 is 7.99. The molecule has 3 aromatic rings. The van der Waals surface area contributed by atoms with Gasteiger partial charge in [-0.2, -0.15) is 0 Å². The zero-order chi connectivity index (χ0) is 14.1. The molecule has 3 rings (SSSR count). The van der Waals surface area contributed by atoms with Gasteiger partial charge < -0.3 is 4.42 Å². The van der Waals surface area contributed by atoms with E-state index in [1.54, 1.807) is 11.3 Å². The molecule has 0 spiro atoms. The normalized spacial score (nSPS) is 12.9. The Kier molecular flexibility index (Phi) is 4.28. The summed E-state index contributed by atoms with van der Waals surface area (Å²) in [6.45, 7) is 0. The Morgan fingerprint density at radius 3 is 2.80 bits per heavy atom. The van der Waals surface area contributed by atoms with Crippen LogP contribution in [0.2, 0.25) is 0 Å². The smallest absolute Gasteiger partial charge is 0.148 e. The fourth-order valence-corrected chi connectivity index (χ4v) is 4.08. The van der Waals surface area contributed by atoms with Crippen molar-refractivity contribution in [1.82, 2.24) is 5.43 Å². The van der Waals surface area contributed by atoms with E-state index in [9.17, 15) is 0 Å². The molecule has 0 saturated carbocycles. The molecule has 0 bridgehead atoms. The van der Waals surface area contributed by atoms with E-state index in [4.69, 9.17) is 10.3 Å². The van der Waals surface area contributed by atoms with Gasteiger partial charge >= 0.3 is 0 Å². The van der Waals surface area contributed by atoms with Crippen LogP contribution in [-0.2, 0) is 6.42 Å². The van der Waals surface area contributed by atoms with Gasteiger partial charge in [0.25, 0.3) is 0 Å². The molecule has 3 nitrogen and oxygen atoms in total. The van der Waals surface area contributed by atoms with Gasteiger partial charge in [-0.15, -0.1) is 11.3 Å². The predicted molar refractivity (Wildman–Crippen MR) is 89.7 cm³/mol. The molecule has 2 aromatic heterocycles. The molecule has 0 aliphatic carbocycles. The average Bonchev–Trinajstić information content (AvgIpc) is 3.03. The molecule has 20 heavy (non-hydrogen) atoms. The van der Waals surface area contributed by atoms with E-state index in [0.717, 1.165) is 32.1 Å². The van der Waals surface area contributed by atoms with Crippen molar-refractivity contribution in [2.24, 2.45) is 5.84 Å². The fraction of sp³-hybridized carbons (Fsp3) is 0.143. The minimum atomic E-state index is -0.0418. The minimum Gasteiger partial charge on any atom is -0.458 e. The molecule has 0 radical (unpaired) electrons. The number of fused-ring (bicyclic) bond motifs is 1. The third-order valence-corrected chi connectivity index (χ3v) is 5.43. The highest BCUT2D eigenvalue weighted by molar-refractivity contribution is 9.11. The third kappa shape index (κ3) is 2.84. The molecule has 0 aliphatic rings. The lowest BCUT2D eigenvalue weighted by atomic mass is 10.1. The molecule has 1 unspecified atom stereocenters. The number of furan rings is 1. The Hall–Kier alpha value is -0.660. The van der Waals surface area contributed by atoms with Crippen molar-refractivity contribution in [2.45, 2.75) is 12.5 Å². The van der Waals surface area contributed by atoms with Crippen LogP contribution >= 0.6 is 43.2 Å². The zero-order valence-electron chi connectivity index (χ0n) is 10.4. The molecule has 0 fully saturated rings. The van der Waals surface area contributed by atoms with Crippen molar-refractivity contribution in [3.63, 3.8) is 0 Å². The van der Waals surface area contributed by atoms with Crippen LogP contribution in [0.1, 0.15) is 16.7 Å². The third-order valence-electron chi connectivity index (χ3n) is 3.09. The van der Waals surface area contributed by atoms with Gasteiger partial charge in [-0.1, -0.05) is 12.1 Å². The second-order valence-corrected chi connectivity index (χ2v) is 7.23. The van der Waals surface area contributed by atoms with Gasteiger partial charge in [0.15, 0.2) is 0 Å². The first-order valence-electron chi connectivity index (χ1n) is 6.04. The van der Waals surface area contributed by atoms with E-state index >= 15 is 0 Å². The first kappa shape index (κ1) is 14.3. The molecule has 2 heterocycles. The Labute approximate surface area is 137 Å². The summed E-state index contributed by atoms with van der Waals surface area (Å²) in [7, 11) is 0. The summed E-state index contributed by atoms with van der Waals surface area (Å²) in [4.78, 5) is 1.25. The van der Waals surface area contributed by atoms with Crippen molar-refractivity contribution < 1.29 is 4.42 Å². The number of benzene rings is 1. The van der Waals surface area contributed by atoms with E-state index in [-0.39, 0.29) is 6.04 Å². The molecule has 0 saturated heterocycles. The predicted octanol–water partition coefficient (Wildman–Crippen LogP) is 4.77. The summed E-state index contributed by atoms with van der Waals surface area (Å²) in [6, 6.07) is 10.1. The van der Waals surface area contributed by atoms with Gasteiger partial charge in [0.1, 0.15) is 11.3 Å². The Balaban J connectivity index is 1.92. The summed E-state index contributed by atoms with van der Waals surface area (Å²) in [5.41, 5.74) is 3.70. The highest BCUT2D eigenvalue weighted by Crippen LogP contribution is 2.31. The number of rotatable bonds is 4. The standard InChI is InChI=1S/C14H12Br2N2OS/c15-9-5-10(20-7-9)6-12(18-17)13-4-8-2-1-3-11(16)14(8)19-13/h1-5,7,12,18H,6,17H2. The van der Waals surface area contributed by atoms with E-state index in [1.165, 1.54) is 4.88 Å². The van der Waals surface area contributed by atoms with Crippen LogP contribution in [0.25, 0.3) is 11.0 Å². The van der Waals surface area contributed by atoms with Gasteiger partial charge in [0, 0.05) is 26.5 Å². The van der Waals surface area contributed by atoms with Gasteiger partial charge in [-0.3, -0.25) is 5.84 Å². The maximum Gasteiger partial charge on any atom is 0.148 e. The van der Waals surface area contributed by atoms with E-state index in [1.807, 2.05) is 24.3 Å². The average molecular weight is 416 g/mol. The van der Waals surface area contributed by atoms with Crippen molar-refractivity contribution in [3.8, 4) is 0 Å². The molecule has 0 aliphatic heterocycles. The monoisotopic (exact) mass is 414 g/mol. The summed E-state index contributed by atoms with van der Waals surface area (Å²) in [5, 5.41) is 3.14. The van der Waals surface area contributed by atoms with Gasteiger partial charge in [0.05, 0.1) is 10.5 Å². The van der Waals surface area contributed by atoms with Crippen LogP contribution in [0.5, 0.6) is 0 Å². The van der Waals surface area contributed by atoms with E-state index in [2.05, 4.69) is 48.7 Å². The second kappa shape index (κ2) is 5.99. The van der Waals surface area contributed by atoms with Crippen molar-refractivity contribution >= 4 is 54.2 Å². The number of nitrogens with one attached hydrogen (secondary N) is 1. The van der Waals surface area contributed by atoms with E-state index in [0.29, 0.717) is 0 Å². The van der Waals surface area contributed by atoms with Gasteiger partial charge in [-0.25, -0.2) is 5.43 Å². The van der Waals surface area contributed by atoms with Crippen molar-refractivity contribution in [1.29, 1.82) is 0 Å². The summed E-state index contributed by atoms with van der Waals surface area (Å²) in [6.07, 6.45) is 0.796. The lowest BCUT2D eigenvalue weighted by Crippen LogP contribution is -2.29. The molecule has 1 atom stereocenters. The number of halogens is 2. The largest absolute Gasteiger partial charge is 0.458 e. The van der Waals surface area contributed by atoms with Crippen LogP contribution in [-0.4, -0.2) is 0 Å². The van der Waals surface area contributed by atoms with Gasteiger partial charge in [0.2, 0.25) is 0 Å². The van der Waals surface area contributed by atoms with Gasteiger partial charge in [-0.05, 0) is 50.1 Å². The molecule has 104 valence electrons. The summed E-state index contributed by atoms with van der Waals surface area (Å²) in [5.74, 6) is 6.54. The molecule has 1 aromatic carbocycles. The number of hydrazine groups is 1. The topological polar surface area (TPSA) is 51.2 Å². The number of nitrogens with two attached hydrogens (primary N) is 1. The number of thiophene rings is 1. The maximum atomic E-state index is 5.93. The first-order chi connectivity index (χ1) is 9.67. The highest BCUT2D eigenvalue weighted by Gasteiger charge is 2.17. The fourth-order valence-electron chi connectivity index (χ4n) is 2.12. The number of hydrogen-bond acceptors (Lipinski definition) is 4. The molecule has 6 heteroatoms. The van der Waals surface area contributed by atoms with Crippen LogP contribution in [0.3, 0.4) is 0 Å². The van der Waals surface area contributed by atoms with Crippen LogP contribution in [0, 0.1) is 0 Å². The van der Waals surface area contributed by atoms with Crippen molar-refractivity contribution in [3.05, 3.63) is 55.3 Å². The molecule has 3 N–H and O–H groups in total. The Morgan fingerprint density at radius 1 is 1.30 bits per heavy atom. The maximum absolute atomic E-state index is 5.93. The van der Waals surface area contributed by atoms with Crippen LogP contribution in [0.15, 0.2) is 49.1 Å². The number of hydrogen-bond donors (Lipinski definition) is 2. The molecule has 0 amide bonds. The van der Waals surface area contributed by atoms with Crippen molar-refractivity contribution in [2.75, 3.05) is 0 Å². The first-order valence-corrected chi connectivity index (χ1v) is 8.51. The van der Waals surface area contributed by atoms with Crippen LogP contribution in [0.4, 0.5) is 0 Å². The lowest BCUT2D eigenvalue weighted by Gasteiger charge is -2.11. The zero-order valence-corrected chi connectivity index (χ0v) is 14.4. The highest BCUT2D eigenvalue weighted by atomic mass is 79.9.